The van der Waals surface area contributed by atoms with Crippen LogP contribution in [0.5, 0.6) is 0 Å². The highest BCUT2D eigenvalue weighted by Gasteiger charge is 1.97. The molecule has 0 fully saturated rings. The maximum atomic E-state index is 8.11. The molecule has 0 saturated heterocycles. The lowest BCUT2D eigenvalue weighted by molar-refractivity contribution is 1.01. The van der Waals surface area contributed by atoms with Crippen LogP contribution in [0.15, 0.2) is 34.8 Å². The van der Waals surface area contributed by atoms with E-state index in [1.165, 1.54) is 10.1 Å². The summed E-state index contributed by atoms with van der Waals surface area (Å²) in [6.07, 6.45) is 0.602. The molecule has 16 heavy (non-hydrogen) atoms. The van der Waals surface area contributed by atoms with E-state index in [1.54, 1.807) is 11.3 Å². The molecule has 78 valence electrons. The highest BCUT2D eigenvalue weighted by Crippen LogP contribution is 2.23. The zero-order valence-corrected chi connectivity index (χ0v) is 9.37. The molecule has 0 aliphatic carbocycles. The number of hydrogen-bond donors (Lipinski definition) is 0. The number of nitrogens with zero attached hydrogens (tertiary/aromatic N) is 3. The van der Waals surface area contributed by atoms with Crippen molar-refractivity contribution in [3.8, 4) is 11.8 Å². The van der Waals surface area contributed by atoms with E-state index in [0.717, 1.165) is 5.56 Å². The predicted octanol–water partition coefficient (Wildman–Crippen LogP) is 3.95. The molecule has 0 saturated carbocycles. The van der Waals surface area contributed by atoms with Gasteiger partial charge in [0.2, 0.25) is 0 Å². The van der Waals surface area contributed by atoms with Crippen LogP contribution in [0.25, 0.3) is 20.5 Å². The SMILES string of the molecule is [N-]=[N+]=NCCC#Cc1cccc2sccc12. The van der Waals surface area contributed by atoms with Gasteiger partial charge in [-0.05, 0) is 29.1 Å². The molecule has 0 atom stereocenters. The van der Waals surface area contributed by atoms with Gasteiger partial charge >= 0.3 is 0 Å². The first-order valence-corrected chi connectivity index (χ1v) is 5.76. The van der Waals surface area contributed by atoms with Crippen molar-refractivity contribution in [2.45, 2.75) is 6.42 Å². The maximum Gasteiger partial charge on any atom is 0.0367 e. The van der Waals surface area contributed by atoms with Crippen LogP contribution < -0.4 is 0 Å². The molecular formula is C12H9N3S. The molecule has 0 aliphatic heterocycles. The second-order valence-electron chi connectivity index (χ2n) is 3.14. The summed E-state index contributed by atoms with van der Waals surface area (Å²) < 4.78 is 1.25. The van der Waals surface area contributed by atoms with Crippen LogP contribution in [0, 0.1) is 11.8 Å². The Morgan fingerprint density at radius 3 is 3.19 bits per heavy atom. The van der Waals surface area contributed by atoms with Crippen molar-refractivity contribution in [1.82, 2.24) is 0 Å². The molecule has 4 heteroatoms. The quantitative estimate of drug-likeness (QED) is 0.245. The zero-order valence-electron chi connectivity index (χ0n) is 8.55. The molecule has 1 heterocycles. The minimum Gasteiger partial charge on any atom is -0.144 e. The summed E-state index contributed by atoms with van der Waals surface area (Å²) in [5.74, 6) is 6.11. The van der Waals surface area contributed by atoms with E-state index in [0.29, 0.717) is 13.0 Å². The maximum absolute atomic E-state index is 8.11. The summed E-state index contributed by atoms with van der Waals surface area (Å²) in [5.41, 5.74) is 9.15. The Labute approximate surface area is 97.3 Å². The normalized spacial score (nSPS) is 9.25. The number of hydrogen-bond acceptors (Lipinski definition) is 2. The average molecular weight is 227 g/mol. The van der Waals surface area contributed by atoms with Crippen molar-refractivity contribution in [1.29, 1.82) is 0 Å². The number of rotatable bonds is 2. The van der Waals surface area contributed by atoms with Crippen molar-refractivity contribution in [2.24, 2.45) is 5.11 Å². The largest absolute Gasteiger partial charge is 0.144 e. The second-order valence-corrected chi connectivity index (χ2v) is 4.09. The Bertz CT molecular complexity index is 597. The molecule has 0 aliphatic rings. The first-order chi connectivity index (χ1) is 7.92. The summed E-state index contributed by atoms with van der Waals surface area (Å²) in [7, 11) is 0. The molecule has 0 amide bonds. The molecule has 0 radical (unpaired) electrons. The first kappa shape index (κ1) is 10.6. The minimum absolute atomic E-state index is 0.434. The van der Waals surface area contributed by atoms with Crippen molar-refractivity contribution >= 4 is 21.4 Å². The van der Waals surface area contributed by atoms with Crippen LogP contribution in [0.1, 0.15) is 12.0 Å². The van der Waals surface area contributed by atoms with Gasteiger partial charge in [0.05, 0.1) is 0 Å². The number of thiophene rings is 1. The van der Waals surface area contributed by atoms with E-state index in [4.69, 9.17) is 5.53 Å². The van der Waals surface area contributed by atoms with Gasteiger partial charge in [0.25, 0.3) is 0 Å². The fraction of sp³-hybridized carbons (Fsp3) is 0.167. The summed E-state index contributed by atoms with van der Waals surface area (Å²) in [6.45, 7) is 0.434. The number of benzene rings is 1. The molecular weight excluding hydrogens is 218 g/mol. The van der Waals surface area contributed by atoms with Crippen molar-refractivity contribution in [3.05, 3.63) is 45.7 Å². The number of fused-ring (bicyclic) bond motifs is 1. The Kier molecular flexibility index (Phi) is 3.45. The van der Waals surface area contributed by atoms with Crippen LogP contribution in [0.3, 0.4) is 0 Å². The summed E-state index contributed by atoms with van der Waals surface area (Å²) in [5, 5.41) is 6.70. The molecule has 2 aromatic rings. The van der Waals surface area contributed by atoms with Gasteiger partial charge in [-0.15, -0.1) is 11.3 Å². The Morgan fingerprint density at radius 1 is 1.38 bits per heavy atom. The first-order valence-electron chi connectivity index (χ1n) is 4.88. The summed E-state index contributed by atoms with van der Waals surface area (Å²) in [4.78, 5) is 2.68. The van der Waals surface area contributed by atoms with Gasteiger partial charge in [-0.3, -0.25) is 0 Å². The minimum atomic E-state index is 0.434. The lowest BCUT2D eigenvalue weighted by atomic mass is 10.1. The molecule has 0 unspecified atom stereocenters. The number of azide groups is 1. The molecule has 2 rings (SSSR count). The molecule has 0 bridgehead atoms. The molecule has 1 aromatic heterocycles. The monoisotopic (exact) mass is 227 g/mol. The van der Waals surface area contributed by atoms with Gasteiger partial charge in [0.1, 0.15) is 0 Å². The van der Waals surface area contributed by atoms with E-state index >= 15 is 0 Å². The summed E-state index contributed by atoms with van der Waals surface area (Å²) >= 11 is 1.71. The third-order valence-corrected chi connectivity index (χ3v) is 3.00. The van der Waals surface area contributed by atoms with Crippen LogP contribution in [0.2, 0.25) is 0 Å². The van der Waals surface area contributed by atoms with Crippen LogP contribution in [-0.4, -0.2) is 6.54 Å². The van der Waals surface area contributed by atoms with Crippen LogP contribution >= 0.6 is 11.3 Å². The second kappa shape index (κ2) is 5.22. The molecule has 3 nitrogen and oxygen atoms in total. The fourth-order valence-electron chi connectivity index (χ4n) is 1.41. The third kappa shape index (κ3) is 2.34. The van der Waals surface area contributed by atoms with Crippen LogP contribution in [0.4, 0.5) is 0 Å². The van der Waals surface area contributed by atoms with Gasteiger partial charge in [-0.2, -0.15) is 0 Å². The standard InChI is InChI=1S/C12H9N3S/c13-15-14-8-2-1-4-10-5-3-6-12-11(10)7-9-16-12/h3,5-7,9H,2,8H2. The summed E-state index contributed by atoms with van der Waals surface area (Å²) in [6, 6.07) is 8.19. The van der Waals surface area contributed by atoms with Crippen molar-refractivity contribution in [3.63, 3.8) is 0 Å². The highest BCUT2D eigenvalue weighted by molar-refractivity contribution is 7.17. The Balaban J connectivity index is 2.20. The van der Waals surface area contributed by atoms with Crippen LogP contribution in [-0.2, 0) is 0 Å². The van der Waals surface area contributed by atoms with Gasteiger partial charge in [-0.1, -0.05) is 23.0 Å². The van der Waals surface area contributed by atoms with E-state index in [2.05, 4.69) is 39.4 Å². The third-order valence-electron chi connectivity index (χ3n) is 2.12. The molecule has 0 N–H and O–H groups in total. The van der Waals surface area contributed by atoms with Crippen molar-refractivity contribution < 1.29 is 0 Å². The lowest BCUT2D eigenvalue weighted by Crippen LogP contribution is -1.76. The Hall–Kier alpha value is -1.95. The highest BCUT2D eigenvalue weighted by atomic mass is 32.1. The average Bonchev–Trinajstić information content (AvgIpc) is 2.77. The lowest BCUT2D eigenvalue weighted by Gasteiger charge is -1.92. The smallest absolute Gasteiger partial charge is 0.0367 e. The van der Waals surface area contributed by atoms with E-state index in [9.17, 15) is 0 Å². The topological polar surface area (TPSA) is 48.8 Å². The zero-order chi connectivity index (χ0) is 11.2. The Morgan fingerprint density at radius 2 is 2.31 bits per heavy atom. The molecule has 1 aromatic carbocycles. The van der Waals surface area contributed by atoms with E-state index in [1.807, 2.05) is 12.1 Å². The van der Waals surface area contributed by atoms with Gasteiger partial charge in [0.15, 0.2) is 0 Å². The van der Waals surface area contributed by atoms with Gasteiger partial charge < -0.3 is 0 Å². The van der Waals surface area contributed by atoms with E-state index < -0.39 is 0 Å². The van der Waals surface area contributed by atoms with Gasteiger partial charge in [0, 0.05) is 33.5 Å². The van der Waals surface area contributed by atoms with E-state index in [-0.39, 0.29) is 0 Å². The fourth-order valence-corrected chi connectivity index (χ4v) is 2.22. The van der Waals surface area contributed by atoms with Gasteiger partial charge in [-0.25, -0.2) is 0 Å². The predicted molar refractivity (Wildman–Crippen MR) is 67.3 cm³/mol. The molecule has 0 spiro atoms. The van der Waals surface area contributed by atoms with Crippen molar-refractivity contribution in [2.75, 3.05) is 6.54 Å².